The van der Waals surface area contributed by atoms with Crippen molar-refractivity contribution < 1.29 is 9.18 Å². The predicted molar refractivity (Wildman–Crippen MR) is 70.0 cm³/mol. The normalized spacial score (nSPS) is 26.3. The van der Waals surface area contributed by atoms with Gasteiger partial charge in [-0.2, -0.15) is 0 Å². The zero-order valence-electron chi connectivity index (χ0n) is 10.8. The van der Waals surface area contributed by atoms with Crippen LogP contribution in [-0.4, -0.2) is 28.4 Å². The number of anilines is 1. The minimum Gasteiger partial charge on any atom is -0.381 e. The lowest BCUT2D eigenvalue weighted by Gasteiger charge is -2.31. The number of carbonyl (C=O) groups excluding carboxylic acids is 1. The molecule has 3 rings (SSSR count). The second kappa shape index (κ2) is 4.79. The molecule has 1 amide bonds. The van der Waals surface area contributed by atoms with Crippen LogP contribution in [0.5, 0.6) is 0 Å². The fraction of sp³-hybridized carbons (Fsp3) is 0.571. The van der Waals surface area contributed by atoms with Crippen LogP contribution < -0.4 is 5.73 Å². The number of halogens is 1. The Kier molecular flexibility index (Phi) is 3.12. The summed E-state index contributed by atoms with van der Waals surface area (Å²) >= 11 is 0. The third-order valence-electron chi connectivity index (χ3n) is 4.42. The van der Waals surface area contributed by atoms with Crippen molar-refractivity contribution >= 4 is 11.7 Å². The first-order chi connectivity index (χ1) is 9.18. The summed E-state index contributed by atoms with van der Waals surface area (Å²) in [5.41, 5.74) is 5.49. The fourth-order valence-corrected chi connectivity index (χ4v) is 3.44. The number of rotatable bonds is 1. The van der Waals surface area contributed by atoms with Gasteiger partial charge in [-0.25, -0.2) is 9.37 Å². The summed E-state index contributed by atoms with van der Waals surface area (Å²) < 4.78 is 13.9. The van der Waals surface area contributed by atoms with Gasteiger partial charge in [0.05, 0.1) is 5.56 Å². The third-order valence-corrected chi connectivity index (χ3v) is 4.42. The van der Waals surface area contributed by atoms with Gasteiger partial charge < -0.3 is 10.6 Å². The Morgan fingerprint density at radius 3 is 3.00 bits per heavy atom. The van der Waals surface area contributed by atoms with Gasteiger partial charge in [0.25, 0.3) is 5.91 Å². The molecule has 1 saturated heterocycles. The molecule has 1 aromatic rings. The second-order valence-corrected chi connectivity index (χ2v) is 5.46. The molecule has 2 N–H and O–H groups in total. The molecule has 2 aliphatic rings. The van der Waals surface area contributed by atoms with E-state index in [9.17, 15) is 9.18 Å². The first-order valence-corrected chi connectivity index (χ1v) is 6.89. The molecule has 1 aromatic heterocycles. The summed E-state index contributed by atoms with van der Waals surface area (Å²) in [5, 5.41) is 0. The average molecular weight is 263 g/mol. The minimum absolute atomic E-state index is 0.0544. The number of carbonyl (C=O) groups is 1. The van der Waals surface area contributed by atoms with Crippen LogP contribution in [0.4, 0.5) is 10.2 Å². The molecule has 2 heterocycles. The molecule has 1 aliphatic heterocycles. The molecular formula is C14H18FN3O. The van der Waals surface area contributed by atoms with Crippen LogP contribution in [0.15, 0.2) is 12.3 Å². The number of likely N-dealkylation sites (tertiary alicyclic amines) is 1. The molecule has 0 radical (unpaired) electrons. The minimum atomic E-state index is -0.688. The highest BCUT2D eigenvalue weighted by molar-refractivity contribution is 5.95. The van der Waals surface area contributed by atoms with Crippen molar-refractivity contribution in [2.75, 3.05) is 12.3 Å². The Morgan fingerprint density at radius 1 is 1.37 bits per heavy atom. The number of pyridine rings is 1. The van der Waals surface area contributed by atoms with Crippen molar-refractivity contribution in [2.24, 2.45) is 5.92 Å². The molecule has 2 fully saturated rings. The van der Waals surface area contributed by atoms with Crippen LogP contribution in [0.3, 0.4) is 0 Å². The van der Waals surface area contributed by atoms with Crippen molar-refractivity contribution in [3.05, 3.63) is 23.6 Å². The second-order valence-electron chi connectivity index (χ2n) is 5.46. The Hall–Kier alpha value is -1.65. The number of hydrogen-bond acceptors (Lipinski definition) is 3. The smallest absolute Gasteiger partial charge is 0.257 e. The molecule has 0 aromatic carbocycles. The Bertz CT molecular complexity index is 505. The molecule has 4 nitrogen and oxygen atoms in total. The zero-order valence-corrected chi connectivity index (χ0v) is 10.8. The van der Waals surface area contributed by atoms with E-state index in [4.69, 9.17) is 5.73 Å². The van der Waals surface area contributed by atoms with E-state index in [1.165, 1.54) is 25.1 Å². The highest BCUT2D eigenvalue weighted by Gasteiger charge is 2.39. The van der Waals surface area contributed by atoms with Crippen LogP contribution in [0.25, 0.3) is 0 Å². The summed E-state index contributed by atoms with van der Waals surface area (Å²) in [4.78, 5) is 18.0. The SMILES string of the molecule is Nc1nccc(C(=O)N2CCC3CCCCC32)c1F. The van der Waals surface area contributed by atoms with Crippen LogP contribution in [0.2, 0.25) is 0 Å². The van der Waals surface area contributed by atoms with Crippen LogP contribution in [0, 0.1) is 11.7 Å². The van der Waals surface area contributed by atoms with Crippen molar-refractivity contribution in [2.45, 2.75) is 38.1 Å². The molecular weight excluding hydrogens is 245 g/mol. The summed E-state index contributed by atoms with van der Waals surface area (Å²) in [6.07, 6.45) is 7.07. The van der Waals surface area contributed by atoms with Gasteiger partial charge in [-0.3, -0.25) is 4.79 Å². The largest absolute Gasteiger partial charge is 0.381 e. The predicted octanol–water partition coefficient (Wildman–Crippen LogP) is 2.21. The lowest BCUT2D eigenvalue weighted by Crippen LogP contribution is -2.39. The molecule has 5 heteroatoms. The highest BCUT2D eigenvalue weighted by atomic mass is 19.1. The number of nitrogens with two attached hydrogens (primary N) is 1. The number of nitrogens with zero attached hydrogens (tertiary/aromatic N) is 2. The standard InChI is InChI=1S/C14H18FN3O/c15-12-10(5-7-17-13(12)16)14(19)18-8-6-9-3-1-2-4-11(9)18/h5,7,9,11H,1-4,6,8H2,(H2,16,17). The van der Waals surface area contributed by atoms with E-state index < -0.39 is 5.82 Å². The average Bonchev–Trinajstić information content (AvgIpc) is 2.85. The first-order valence-electron chi connectivity index (χ1n) is 6.89. The monoisotopic (exact) mass is 263 g/mol. The molecule has 2 atom stereocenters. The van der Waals surface area contributed by atoms with Crippen molar-refractivity contribution in [3.63, 3.8) is 0 Å². The summed E-state index contributed by atoms with van der Waals surface area (Å²) in [6.45, 7) is 0.732. The van der Waals surface area contributed by atoms with Gasteiger partial charge in [0, 0.05) is 18.8 Å². The molecule has 2 unspecified atom stereocenters. The van der Waals surface area contributed by atoms with E-state index in [-0.39, 0.29) is 23.3 Å². The van der Waals surface area contributed by atoms with Crippen LogP contribution >= 0.6 is 0 Å². The lowest BCUT2D eigenvalue weighted by molar-refractivity contribution is 0.0685. The van der Waals surface area contributed by atoms with E-state index in [0.29, 0.717) is 5.92 Å². The molecule has 0 spiro atoms. The Balaban J connectivity index is 1.86. The van der Waals surface area contributed by atoms with E-state index in [2.05, 4.69) is 4.98 Å². The van der Waals surface area contributed by atoms with Gasteiger partial charge in [0.2, 0.25) is 0 Å². The number of hydrogen-bond donors (Lipinski definition) is 1. The highest BCUT2D eigenvalue weighted by Crippen LogP contribution is 2.37. The number of aromatic nitrogens is 1. The zero-order chi connectivity index (χ0) is 13.4. The van der Waals surface area contributed by atoms with E-state index in [1.807, 2.05) is 4.90 Å². The van der Waals surface area contributed by atoms with E-state index in [1.54, 1.807) is 0 Å². The lowest BCUT2D eigenvalue weighted by atomic mass is 9.85. The van der Waals surface area contributed by atoms with Crippen molar-refractivity contribution in [3.8, 4) is 0 Å². The number of amides is 1. The van der Waals surface area contributed by atoms with E-state index >= 15 is 0 Å². The molecule has 1 saturated carbocycles. The van der Waals surface area contributed by atoms with Gasteiger partial charge in [-0.05, 0) is 31.2 Å². The maximum absolute atomic E-state index is 13.9. The molecule has 1 aliphatic carbocycles. The topological polar surface area (TPSA) is 59.2 Å². The molecule has 102 valence electrons. The Morgan fingerprint density at radius 2 is 2.16 bits per heavy atom. The van der Waals surface area contributed by atoms with Crippen LogP contribution in [-0.2, 0) is 0 Å². The summed E-state index contributed by atoms with van der Waals surface area (Å²) in [5.74, 6) is -0.530. The van der Waals surface area contributed by atoms with Gasteiger partial charge in [-0.1, -0.05) is 12.8 Å². The van der Waals surface area contributed by atoms with E-state index in [0.717, 1.165) is 25.8 Å². The van der Waals surface area contributed by atoms with Gasteiger partial charge in [0.15, 0.2) is 11.6 Å². The Labute approximate surface area is 111 Å². The third kappa shape index (κ3) is 2.07. The first kappa shape index (κ1) is 12.4. The van der Waals surface area contributed by atoms with Crippen molar-refractivity contribution in [1.29, 1.82) is 0 Å². The maximum atomic E-state index is 13.9. The number of nitrogen functional groups attached to an aromatic ring is 1. The van der Waals surface area contributed by atoms with Gasteiger partial charge in [-0.15, -0.1) is 0 Å². The maximum Gasteiger partial charge on any atom is 0.257 e. The summed E-state index contributed by atoms with van der Waals surface area (Å²) in [7, 11) is 0. The summed E-state index contributed by atoms with van der Waals surface area (Å²) in [6, 6.07) is 1.71. The van der Waals surface area contributed by atoms with Gasteiger partial charge >= 0.3 is 0 Å². The molecule has 0 bridgehead atoms. The van der Waals surface area contributed by atoms with Crippen molar-refractivity contribution in [1.82, 2.24) is 9.88 Å². The number of fused-ring (bicyclic) bond motifs is 1. The molecule has 19 heavy (non-hydrogen) atoms. The van der Waals surface area contributed by atoms with Crippen LogP contribution in [0.1, 0.15) is 42.5 Å². The van der Waals surface area contributed by atoms with Gasteiger partial charge in [0.1, 0.15) is 0 Å². The quantitative estimate of drug-likeness (QED) is 0.845. The fourth-order valence-electron chi connectivity index (χ4n) is 3.44.